The van der Waals surface area contributed by atoms with Crippen LogP contribution in [0.2, 0.25) is 0 Å². The molecule has 2 aromatic carbocycles. The number of fused-ring (bicyclic) bond motifs is 6. The van der Waals surface area contributed by atoms with Gasteiger partial charge in [-0.2, -0.15) is 0 Å². The van der Waals surface area contributed by atoms with Gasteiger partial charge in [0, 0.05) is 11.3 Å². The molecule has 45 heavy (non-hydrogen) atoms. The molecule has 4 aliphatic carbocycles. The van der Waals surface area contributed by atoms with Gasteiger partial charge >= 0.3 is 0 Å². The Hall–Kier alpha value is -2.41. The van der Waals surface area contributed by atoms with E-state index in [-0.39, 0.29) is 0 Å². The Kier molecular flexibility index (Phi) is 8.32. The van der Waals surface area contributed by atoms with Crippen molar-refractivity contribution in [3.63, 3.8) is 0 Å². The molecule has 0 N–H and O–H groups in total. The van der Waals surface area contributed by atoms with Crippen molar-refractivity contribution in [3.8, 4) is 22.4 Å². The SMILES string of the molecule is Cc1ccc(-c2cc(-c3ccc(C)cc3)c3c(n2)C[C@@H]2CCC4C5CC[C@H]([C@@H](C)CCCC(C)C)[C@@]5(C)CCC4[C@@]2(C)C3)cc1. The lowest BCUT2D eigenvalue weighted by Crippen LogP contribution is -2.54. The summed E-state index contributed by atoms with van der Waals surface area (Å²) in [4.78, 5) is 5.47. The van der Waals surface area contributed by atoms with Crippen LogP contribution in [0.15, 0.2) is 54.6 Å². The molecule has 7 rings (SSSR count). The van der Waals surface area contributed by atoms with Gasteiger partial charge in [-0.3, -0.25) is 4.98 Å². The fourth-order valence-electron chi connectivity index (χ4n) is 11.6. The molecule has 8 atom stereocenters. The van der Waals surface area contributed by atoms with E-state index in [1.54, 1.807) is 5.56 Å². The number of pyridine rings is 1. The van der Waals surface area contributed by atoms with Crippen LogP contribution in [0.5, 0.6) is 0 Å². The third-order valence-electron chi connectivity index (χ3n) is 14.2. The average Bonchev–Trinajstić information content (AvgIpc) is 3.37. The second-order valence-corrected chi connectivity index (χ2v) is 17.3. The van der Waals surface area contributed by atoms with Crippen molar-refractivity contribution in [2.45, 2.75) is 119 Å². The Balaban J connectivity index is 1.20. The van der Waals surface area contributed by atoms with Gasteiger partial charge < -0.3 is 0 Å². The third-order valence-corrected chi connectivity index (χ3v) is 14.2. The lowest BCUT2D eigenvalue weighted by molar-refractivity contribution is -0.103. The molecule has 0 aliphatic heterocycles. The van der Waals surface area contributed by atoms with Crippen molar-refractivity contribution in [1.82, 2.24) is 4.98 Å². The van der Waals surface area contributed by atoms with E-state index in [4.69, 9.17) is 4.98 Å². The number of hydrogen-bond donors (Lipinski definition) is 0. The van der Waals surface area contributed by atoms with E-state index < -0.39 is 0 Å². The van der Waals surface area contributed by atoms with Gasteiger partial charge in [-0.15, -0.1) is 0 Å². The van der Waals surface area contributed by atoms with Crippen LogP contribution in [0.3, 0.4) is 0 Å². The Morgan fingerprint density at radius 2 is 1.42 bits per heavy atom. The molecule has 1 aromatic heterocycles. The molecule has 3 fully saturated rings. The normalized spacial score (nSPS) is 32.8. The summed E-state index contributed by atoms with van der Waals surface area (Å²) in [6, 6.07) is 20.7. The molecular formula is C44H59N. The Bertz CT molecular complexity index is 1500. The molecule has 4 aliphatic rings. The molecule has 1 nitrogen and oxygen atoms in total. The molecule has 0 saturated heterocycles. The summed E-state index contributed by atoms with van der Waals surface area (Å²) in [5, 5.41) is 0. The second kappa shape index (κ2) is 12.0. The standard InChI is InChI=1S/C44H59N/c1-28(2)9-8-10-31(5)38-21-22-39-35-20-19-34-25-42-37(27-44(34,7)40(35)23-24-43(38,39)6)36(32-15-11-29(3)12-16-32)26-41(45-42)33-17-13-30(4)14-18-33/h11-18,26,28,31,34-35,38-40H,8-10,19-25,27H2,1-7H3/t31-,34-,35?,38+,39?,40?,43+,44-/m0/s1. The maximum Gasteiger partial charge on any atom is 0.0711 e. The van der Waals surface area contributed by atoms with Gasteiger partial charge in [-0.1, -0.05) is 114 Å². The summed E-state index contributed by atoms with van der Waals surface area (Å²) < 4.78 is 0. The first-order valence-corrected chi connectivity index (χ1v) is 18.7. The van der Waals surface area contributed by atoms with Gasteiger partial charge in [-0.05, 0) is 140 Å². The topological polar surface area (TPSA) is 12.9 Å². The first-order chi connectivity index (χ1) is 21.6. The van der Waals surface area contributed by atoms with Gasteiger partial charge in [0.05, 0.1) is 5.69 Å². The smallest absolute Gasteiger partial charge is 0.0711 e. The predicted octanol–water partition coefficient (Wildman–Crippen LogP) is 12.1. The summed E-state index contributed by atoms with van der Waals surface area (Å²) in [5.41, 5.74) is 11.7. The fourth-order valence-corrected chi connectivity index (χ4v) is 11.6. The van der Waals surface area contributed by atoms with Gasteiger partial charge in [0.25, 0.3) is 0 Å². The molecule has 1 heteroatoms. The lowest BCUT2D eigenvalue weighted by Gasteiger charge is -2.61. The van der Waals surface area contributed by atoms with Crippen LogP contribution in [0.1, 0.15) is 115 Å². The van der Waals surface area contributed by atoms with Gasteiger partial charge in [0.2, 0.25) is 0 Å². The maximum atomic E-state index is 5.47. The average molecular weight is 602 g/mol. The number of nitrogens with zero attached hydrogens (tertiary/aromatic N) is 1. The van der Waals surface area contributed by atoms with E-state index in [0.29, 0.717) is 10.8 Å². The molecule has 0 amide bonds. The molecule has 3 saturated carbocycles. The van der Waals surface area contributed by atoms with Crippen LogP contribution >= 0.6 is 0 Å². The summed E-state index contributed by atoms with van der Waals surface area (Å²) in [5.74, 6) is 6.13. The highest BCUT2D eigenvalue weighted by Gasteiger charge is 2.60. The summed E-state index contributed by atoms with van der Waals surface area (Å²) in [7, 11) is 0. The van der Waals surface area contributed by atoms with Crippen molar-refractivity contribution < 1.29 is 0 Å². The fraction of sp³-hybridized carbons (Fsp3) is 0.614. The number of hydrogen-bond acceptors (Lipinski definition) is 1. The Morgan fingerprint density at radius 3 is 2.11 bits per heavy atom. The van der Waals surface area contributed by atoms with E-state index in [1.165, 1.54) is 97.7 Å². The minimum absolute atomic E-state index is 0.380. The van der Waals surface area contributed by atoms with E-state index in [9.17, 15) is 0 Å². The minimum Gasteiger partial charge on any atom is -0.253 e. The van der Waals surface area contributed by atoms with Crippen LogP contribution in [-0.4, -0.2) is 4.98 Å². The molecule has 0 spiro atoms. The highest BCUT2D eigenvalue weighted by Crippen LogP contribution is 2.68. The zero-order valence-corrected chi connectivity index (χ0v) is 29.5. The second-order valence-electron chi connectivity index (χ2n) is 17.3. The van der Waals surface area contributed by atoms with Gasteiger partial charge in [-0.25, -0.2) is 0 Å². The third kappa shape index (κ3) is 5.53. The number of benzene rings is 2. The first kappa shape index (κ1) is 31.2. The zero-order valence-electron chi connectivity index (χ0n) is 29.5. The number of aromatic nitrogens is 1. The molecule has 3 aromatic rings. The molecule has 0 radical (unpaired) electrons. The van der Waals surface area contributed by atoms with E-state index >= 15 is 0 Å². The molecule has 240 valence electrons. The van der Waals surface area contributed by atoms with Crippen LogP contribution in [0, 0.1) is 66.1 Å². The van der Waals surface area contributed by atoms with Crippen LogP contribution < -0.4 is 0 Å². The summed E-state index contributed by atoms with van der Waals surface area (Å²) >= 11 is 0. The monoisotopic (exact) mass is 601 g/mol. The van der Waals surface area contributed by atoms with Crippen molar-refractivity contribution in [1.29, 1.82) is 0 Å². The number of aryl methyl sites for hydroxylation is 2. The first-order valence-electron chi connectivity index (χ1n) is 18.7. The number of rotatable bonds is 7. The van der Waals surface area contributed by atoms with E-state index in [1.807, 2.05) is 0 Å². The van der Waals surface area contributed by atoms with Crippen molar-refractivity contribution >= 4 is 0 Å². The van der Waals surface area contributed by atoms with Gasteiger partial charge in [0.1, 0.15) is 0 Å². The zero-order chi connectivity index (χ0) is 31.5. The minimum atomic E-state index is 0.380. The quantitative estimate of drug-likeness (QED) is 0.262. The van der Waals surface area contributed by atoms with Crippen molar-refractivity contribution in [2.24, 2.45) is 52.3 Å². The maximum absolute atomic E-state index is 5.47. The largest absolute Gasteiger partial charge is 0.253 e. The Labute approximate surface area is 275 Å². The molecular weight excluding hydrogens is 542 g/mol. The van der Waals surface area contributed by atoms with Crippen molar-refractivity contribution in [3.05, 3.63) is 77.0 Å². The Morgan fingerprint density at radius 1 is 0.756 bits per heavy atom. The van der Waals surface area contributed by atoms with Gasteiger partial charge in [0.15, 0.2) is 0 Å². The predicted molar refractivity (Wildman–Crippen MR) is 191 cm³/mol. The van der Waals surface area contributed by atoms with E-state index in [0.717, 1.165) is 53.5 Å². The summed E-state index contributed by atoms with van der Waals surface area (Å²) in [6.45, 7) is 17.3. The molecule has 1 heterocycles. The molecule has 3 unspecified atom stereocenters. The lowest BCUT2D eigenvalue weighted by atomic mass is 9.44. The summed E-state index contributed by atoms with van der Waals surface area (Å²) in [6.07, 6.45) is 15.4. The molecule has 0 bridgehead atoms. The van der Waals surface area contributed by atoms with E-state index in [2.05, 4.69) is 103 Å². The van der Waals surface area contributed by atoms with Crippen LogP contribution in [0.4, 0.5) is 0 Å². The van der Waals surface area contributed by atoms with Crippen molar-refractivity contribution in [2.75, 3.05) is 0 Å². The van der Waals surface area contributed by atoms with Crippen LogP contribution in [0.25, 0.3) is 22.4 Å². The van der Waals surface area contributed by atoms with Crippen LogP contribution in [-0.2, 0) is 12.8 Å². The highest BCUT2D eigenvalue weighted by molar-refractivity contribution is 5.75. The highest BCUT2D eigenvalue weighted by atomic mass is 14.7.